The average Bonchev–Trinajstić information content (AvgIpc) is 2.38. The molecule has 20 heavy (non-hydrogen) atoms. The lowest BCUT2D eigenvalue weighted by Gasteiger charge is -2.37. The lowest BCUT2D eigenvalue weighted by molar-refractivity contribution is 0.192. The molecular formula is C16H25N3O. The van der Waals surface area contributed by atoms with Gasteiger partial charge in [-0.15, -0.1) is 0 Å². The Morgan fingerprint density at radius 3 is 2.15 bits per heavy atom. The Kier molecular flexibility index (Phi) is 4.53. The molecule has 1 saturated heterocycles. The summed E-state index contributed by atoms with van der Waals surface area (Å²) >= 11 is 0. The molecule has 110 valence electrons. The SMILES string of the molecule is Cc1cccc(C)c1N1CCN(C(=O)NC(C)C)CC1. The molecule has 1 aromatic carbocycles. The minimum absolute atomic E-state index is 0.0566. The van der Waals surface area contributed by atoms with E-state index in [1.807, 2.05) is 18.7 Å². The van der Waals surface area contributed by atoms with Crippen molar-refractivity contribution in [2.75, 3.05) is 31.1 Å². The Labute approximate surface area is 121 Å². The summed E-state index contributed by atoms with van der Waals surface area (Å²) in [5.41, 5.74) is 3.95. The molecule has 4 nitrogen and oxygen atoms in total. The fourth-order valence-corrected chi connectivity index (χ4v) is 2.78. The molecule has 0 radical (unpaired) electrons. The summed E-state index contributed by atoms with van der Waals surface area (Å²) < 4.78 is 0. The fourth-order valence-electron chi connectivity index (χ4n) is 2.78. The molecule has 1 aliphatic heterocycles. The van der Waals surface area contributed by atoms with Gasteiger partial charge in [-0.3, -0.25) is 0 Å². The highest BCUT2D eigenvalue weighted by molar-refractivity contribution is 5.75. The van der Waals surface area contributed by atoms with Crippen molar-refractivity contribution in [2.24, 2.45) is 0 Å². The van der Waals surface area contributed by atoms with E-state index in [1.54, 1.807) is 0 Å². The van der Waals surface area contributed by atoms with Crippen LogP contribution in [0.5, 0.6) is 0 Å². The van der Waals surface area contributed by atoms with Gasteiger partial charge in [-0.05, 0) is 38.8 Å². The van der Waals surface area contributed by atoms with Crippen LogP contribution in [0.1, 0.15) is 25.0 Å². The molecule has 0 unspecified atom stereocenters. The van der Waals surface area contributed by atoms with Crippen LogP contribution < -0.4 is 10.2 Å². The number of aryl methyl sites for hydroxylation is 2. The van der Waals surface area contributed by atoms with Gasteiger partial charge in [-0.2, -0.15) is 0 Å². The summed E-state index contributed by atoms with van der Waals surface area (Å²) in [5.74, 6) is 0. The number of carbonyl (C=O) groups excluding carboxylic acids is 1. The molecule has 0 spiro atoms. The highest BCUT2D eigenvalue weighted by atomic mass is 16.2. The molecule has 1 heterocycles. The first-order valence-electron chi connectivity index (χ1n) is 7.35. The molecule has 1 fully saturated rings. The molecular weight excluding hydrogens is 250 g/mol. The van der Waals surface area contributed by atoms with Crippen molar-refractivity contribution in [1.29, 1.82) is 0 Å². The number of carbonyl (C=O) groups is 1. The van der Waals surface area contributed by atoms with Crippen molar-refractivity contribution in [2.45, 2.75) is 33.7 Å². The minimum atomic E-state index is 0.0566. The largest absolute Gasteiger partial charge is 0.368 e. The van der Waals surface area contributed by atoms with Gasteiger partial charge in [0.2, 0.25) is 0 Å². The Morgan fingerprint density at radius 1 is 1.10 bits per heavy atom. The van der Waals surface area contributed by atoms with Crippen molar-refractivity contribution >= 4 is 11.7 Å². The normalized spacial score (nSPS) is 15.7. The number of nitrogens with one attached hydrogen (secondary N) is 1. The van der Waals surface area contributed by atoms with Crippen LogP contribution in [0, 0.1) is 13.8 Å². The molecule has 1 aromatic rings. The van der Waals surface area contributed by atoms with E-state index in [1.165, 1.54) is 16.8 Å². The third-order valence-electron chi connectivity index (χ3n) is 3.73. The van der Waals surface area contributed by atoms with Gasteiger partial charge >= 0.3 is 6.03 Å². The lowest BCUT2D eigenvalue weighted by atomic mass is 10.1. The molecule has 0 atom stereocenters. The molecule has 0 saturated carbocycles. The van der Waals surface area contributed by atoms with Gasteiger partial charge in [-0.25, -0.2) is 4.79 Å². The maximum atomic E-state index is 12.0. The van der Waals surface area contributed by atoms with Crippen LogP contribution in [0.15, 0.2) is 18.2 Å². The summed E-state index contributed by atoms with van der Waals surface area (Å²) in [6.45, 7) is 11.7. The van der Waals surface area contributed by atoms with Gasteiger partial charge in [0, 0.05) is 37.9 Å². The number of rotatable bonds is 2. The average molecular weight is 275 g/mol. The highest BCUT2D eigenvalue weighted by Gasteiger charge is 2.22. The first-order chi connectivity index (χ1) is 9.49. The summed E-state index contributed by atoms with van der Waals surface area (Å²) in [4.78, 5) is 16.3. The number of hydrogen-bond acceptors (Lipinski definition) is 2. The van der Waals surface area contributed by atoms with E-state index in [0.717, 1.165) is 26.2 Å². The maximum absolute atomic E-state index is 12.0. The Morgan fingerprint density at radius 2 is 1.65 bits per heavy atom. The monoisotopic (exact) mass is 275 g/mol. The van der Waals surface area contributed by atoms with Gasteiger partial charge in [0.25, 0.3) is 0 Å². The van der Waals surface area contributed by atoms with Crippen LogP contribution in [-0.2, 0) is 0 Å². The van der Waals surface area contributed by atoms with Crippen LogP contribution in [0.2, 0.25) is 0 Å². The molecule has 0 aromatic heterocycles. The van der Waals surface area contributed by atoms with E-state index >= 15 is 0 Å². The number of amides is 2. The quantitative estimate of drug-likeness (QED) is 0.900. The predicted molar refractivity (Wildman–Crippen MR) is 83.4 cm³/mol. The number of nitrogens with zero attached hydrogens (tertiary/aromatic N) is 2. The smallest absolute Gasteiger partial charge is 0.317 e. The zero-order valence-electron chi connectivity index (χ0n) is 12.9. The first-order valence-corrected chi connectivity index (χ1v) is 7.35. The number of urea groups is 1. The van der Waals surface area contributed by atoms with Gasteiger partial charge in [0.15, 0.2) is 0 Å². The second kappa shape index (κ2) is 6.16. The fraction of sp³-hybridized carbons (Fsp3) is 0.562. The van der Waals surface area contributed by atoms with Crippen molar-refractivity contribution in [3.8, 4) is 0 Å². The van der Waals surface area contributed by atoms with E-state index in [4.69, 9.17) is 0 Å². The number of benzene rings is 1. The van der Waals surface area contributed by atoms with Crippen molar-refractivity contribution in [1.82, 2.24) is 10.2 Å². The van der Waals surface area contributed by atoms with Crippen molar-refractivity contribution < 1.29 is 4.79 Å². The Hall–Kier alpha value is -1.71. The van der Waals surface area contributed by atoms with E-state index in [-0.39, 0.29) is 12.1 Å². The minimum Gasteiger partial charge on any atom is -0.368 e. The standard InChI is InChI=1S/C16H25N3O/c1-12(2)17-16(20)19-10-8-18(9-11-19)15-13(3)6-5-7-14(15)4/h5-7,12H,8-11H2,1-4H3,(H,17,20). The van der Waals surface area contributed by atoms with Crippen molar-refractivity contribution in [3.05, 3.63) is 29.3 Å². The number of hydrogen-bond donors (Lipinski definition) is 1. The summed E-state index contributed by atoms with van der Waals surface area (Å²) in [6, 6.07) is 6.65. The van der Waals surface area contributed by atoms with Crippen LogP contribution in [0.25, 0.3) is 0 Å². The van der Waals surface area contributed by atoms with Gasteiger partial charge in [-0.1, -0.05) is 18.2 Å². The molecule has 2 rings (SSSR count). The molecule has 4 heteroatoms. The number of anilines is 1. The van der Waals surface area contributed by atoms with E-state index in [9.17, 15) is 4.79 Å². The second-order valence-corrected chi connectivity index (χ2v) is 5.82. The maximum Gasteiger partial charge on any atom is 0.317 e. The zero-order chi connectivity index (χ0) is 14.7. The topological polar surface area (TPSA) is 35.6 Å². The first kappa shape index (κ1) is 14.7. The Bertz CT molecular complexity index is 456. The van der Waals surface area contributed by atoms with Gasteiger partial charge in [0.1, 0.15) is 0 Å². The molecule has 1 aliphatic rings. The molecule has 0 aliphatic carbocycles. The number of piperazine rings is 1. The van der Waals surface area contributed by atoms with E-state index in [2.05, 4.69) is 42.3 Å². The molecule has 2 amide bonds. The van der Waals surface area contributed by atoms with Crippen LogP contribution in [0.3, 0.4) is 0 Å². The third-order valence-corrected chi connectivity index (χ3v) is 3.73. The van der Waals surface area contributed by atoms with Crippen LogP contribution in [0.4, 0.5) is 10.5 Å². The predicted octanol–water partition coefficient (Wildman–Crippen LogP) is 2.54. The van der Waals surface area contributed by atoms with E-state index < -0.39 is 0 Å². The van der Waals surface area contributed by atoms with Gasteiger partial charge in [0.05, 0.1) is 0 Å². The lowest BCUT2D eigenvalue weighted by Crippen LogP contribution is -2.53. The van der Waals surface area contributed by atoms with Crippen molar-refractivity contribution in [3.63, 3.8) is 0 Å². The third kappa shape index (κ3) is 3.24. The number of para-hydroxylation sites is 1. The molecule has 0 bridgehead atoms. The van der Waals surface area contributed by atoms with E-state index in [0.29, 0.717) is 0 Å². The Balaban J connectivity index is 1.99. The van der Waals surface area contributed by atoms with Crippen LogP contribution >= 0.6 is 0 Å². The highest BCUT2D eigenvalue weighted by Crippen LogP contribution is 2.25. The summed E-state index contributed by atoms with van der Waals surface area (Å²) in [6.07, 6.45) is 0. The van der Waals surface area contributed by atoms with Crippen LogP contribution in [-0.4, -0.2) is 43.2 Å². The van der Waals surface area contributed by atoms with Gasteiger partial charge < -0.3 is 15.1 Å². The second-order valence-electron chi connectivity index (χ2n) is 5.82. The summed E-state index contributed by atoms with van der Waals surface area (Å²) in [7, 11) is 0. The molecule has 1 N–H and O–H groups in total. The summed E-state index contributed by atoms with van der Waals surface area (Å²) in [5, 5.41) is 2.96. The zero-order valence-corrected chi connectivity index (χ0v) is 12.9.